The minimum Gasteiger partial charge on any atom is -0.491 e. The Morgan fingerprint density at radius 2 is 1.87 bits per heavy atom. The lowest BCUT2D eigenvalue weighted by atomic mass is 10.2. The zero-order chi connectivity index (χ0) is 11.3. The molecule has 0 spiro atoms. The fourth-order valence-electron chi connectivity index (χ4n) is 1.04. The van der Waals surface area contributed by atoms with E-state index in [1.807, 2.05) is 13.8 Å². The molecule has 0 aromatic heterocycles. The second kappa shape index (κ2) is 5.36. The number of rotatable bonds is 4. The number of ether oxygens (including phenoxy) is 1. The molecule has 0 heterocycles. The van der Waals surface area contributed by atoms with E-state index in [0.29, 0.717) is 11.3 Å². The van der Waals surface area contributed by atoms with E-state index in [9.17, 15) is 4.79 Å². The summed E-state index contributed by atoms with van der Waals surface area (Å²) in [7, 11) is 2.94. The Hall–Kier alpha value is -1.55. The van der Waals surface area contributed by atoms with Crippen LogP contribution in [0.3, 0.4) is 0 Å². The van der Waals surface area contributed by atoms with Crippen molar-refractivity contribution in [3.63, 3.8) is 0 Å². The van der Waals surface area contributed by atoms with Crippen molar-refractivity contribution in [1.29, 1.82) is 0 Å². The molecule has 81 valence electrons. The minimum absolute atomic E-state index is 0.103. The Kier molecular flexibility index (Phi) is 4.12. The number of benzene rings is 1. The molecule has 0 unspecified atom stereocenters. The predicted molar refractivity (Wildman–Crippen MR) is 54.1 cm³/mol. The quantitative estimate of drug-likeness (QED) is 0.564. The van der Waals surface area contributed by atoms with Gasteiger partial charge in [-0.05, 0) is 38.1 Å². The third-order valence-electron chi connectivity index (χ3n) is 1.60. The molecular weight excluding hydrogens is 196 g/mol. The average molecular weight is 209 g/mol. The highest BCUT2D eigenvalue weighted by molar-refractivity contribution is 5.89. The molecule has 0 aliphatic rings. The number of carbonyl (C=O) groups excluding carboxylic acids is 1. The van der Waals surface area contributed by atoms with Crippen molar-refractivity contribution in [3.05, 3.63) is 36.9 Å². The molecule has 15 heavy (non-hydrogen) atoms. The maximum Gasteiger partial charge on any atom is 0.373 e. The molecule has 1 rings (SSSR count). The first-order valence-electron chi connectivity index (χ1n) is 4.53. The highest BCUT2D eigenvalue weighted by atomic mass is 17.2. The molecule has 1 aromatic carbocycles. The van der Waals surface area contributed by atoms with Gasteiger partial charge in [-0.25, -0.2) is 4.79 Å². The van der Waals surface area contributed by atoms with Crippen molar-refractivity contribution in [2.24, 2.45) is 0 Å². The van der Waals surface area contributed by atoms with E-state index in [1.165, 1.54) is 0 Å². The maximum absolute atomic E-state index is 11.2. The Bertz CT molecular complexity index is 316. The molecule has 0 bridgehead atoms. The van der Waals surface area contributed by atoms with Crippen LogP contribution in [0, 0.1) is 7.11 Å². The van der Waals surface area contributed by atoms with E-state index in [2.05, 4.69) is 16.9 Å². The smallest absolute Gasteiger partial charge is 0.373 e. The molecule has 0 atom stereocenters. The van der Waals surface area contributed by atoms with Gasteiger partial charge >= 0.3 is 5.97 Å². The largest absolute Gasteiger partial charge is 0.491 e. The maximum atomic E-state index is 11.2. The Balaban J connectivity index is 2.67. The first-order valence-corrected chi connectivity index (χ1v) is 4.53. The van der Waals surface area contributed by atoms with Gasteiger partial charge in [-0.2, -0.15) is 4.89 Å². The van der Waals surface area contributed by atoms with Crippen molar-refractivity contribution in [2.45, 2.75) is 20.0 Å². The molecule has 0 amide bonds. The molecular formula is C11H13O4. The summed E-state index contributed by atoms with van der Waals surface area (Å²) in [6, 6.07) is 6.58. The van der Waals surface area contributed by atoms with Crippen LogP contribution in [-0.4, -0.2) is 12.1 Å². The van der Waals surface area contributed by atoms with Crippen molar-refractivity contribution in [1.82, 2.24) is 0 Å². The van der Waals surface area contributed by atoms with Gasteiger partial charge < -0.3 is 4.74 Å². The average Bonchev–Trinajstić information content (AvgIpc) is 2.18. The summed E-state index contributed by atoms with van der Waals surface area (Å²) < 4.78 is 5.41. The molecule has 0 N–H and O–H groups in total. The monoisotopic (exact) mass is 209 g/mol. The second-order valence-corrected chi connectivity index (χ2v) is 3.18. The first kappa shape index (κ1) is 11.5. The third-order valence-corrected chi connectivity index (χ3v) is 1.60. The van der Waals surface area contributed by atoms with Gasteiger partial charge in [0.2, 0.25) is 0 Å². The van der Waals surface area contributed by atoms with E-state index in [4.69, 9.17) is 4.74 Å². The van der Waals surface area contributed by atoms with Gasteiger partial charge in [0.05, 0.1) is 11.7 Å². The molecule has 4 nitrogen and oxygen atoms in total. The fourth-order valence-corrected chi connectivity index (χ4v) is 1.04. The van der Waals surface area contributed by atoms with Crippen LogP contribution >= 0.6 is 0 Å². The number of hydrogen-bond donors (Lipinski definition) is 0. The van der Waals surface area contributed by atoms with E-state index in [0.717, 1.165) is 0 Å². The number of hydrogen-bond acceptors (Lipinski definition) is 4. The molecule has 0 fully saturated rings. The van der Waals surface area contributed by atoms with E-state index >= 15 is 0 Å². The van der Waals surface area contributed by atoms with Crippen LogP contribution in [-0.2, 0) is 9.78 Å². The van der Waals surface area contributed by atoms with Gasteiger partial charge in [0.1, 0.15) is 12.9 Å². The van der Waals surface area contributed by atoms with Gasteiger partial charge in [0.15, 0.2) is 0 Å². The third kappa shape index (κ3) is 3.59. The molecule has 0 saturated carbocycles. The summed E-state index contributed by atoms with van der Waals surface area (Å²) in [5.41, 5.74) is 0.384. The standard InChI is InChI=1S/C11H13O4/c1-8(2)14-10-6-4-9(5-7-10)11(12)15-13-3/h4-8H,3H2,1-2H3. The van der Waals surface area contributed by atoms with E-state index in [1.54, 1.807) is 24.3 Å². The summed E-state index contributed by atoms with van der Waals surface area (Å²) >= 11 is 0. The van der Waals surface area contributed by atoms with Crippen LogP contribution in [0.2, 0.25) is 0 Å². The van der Waals surface area contributed by atoms with Crippen LogP contribution < -0.4 is 4.74 Å². The van der Waals surface area contributed by atoms with Crippen LogP contribution in [0.15, 0.2) is 24.3 Å². The first-order chi connectivity index (χ1) is 7.13. The summed E-state index contributed by atoms with van der Waals surface area (Å²) in [5.74, 6) is 0.123. The van der Waals surface area contributed by atoms with Crippen LogP contribution in [0.1, 0.15) is 24.2 Å². The lowest BCUT2D eigenvalue weighted by Crippen LogP contribution is -2.06. The Labute approximate surface area is 88.7 Å². The minimum atomic E-state index is -0.582. The van der Waals surface area contributed by atoms with Gasteiger partial charge in [0.25, 0.3) is 0 Å². The van der Waals surface area contributed by atoms with Crippen LogP contribution in [0.5, 0.6) is 5.75 Å². The molecule has 0 aliphatic heterocycles. The van der Waals surface area contributed by atoms with Gasteiger partial charge in [-0.15, -0.1) is 0 Å². The molecule has 0 aliphatic carbocycles. The van der Waals surface area contributed by atoms with Crippen molar-refractivity contribution >= 4 is 5.97 Å². The summed E-state index contributed by atoms with van der Waals surface area (Å²) in [5, 5.41) is 0. The van der Waals surface area contributed by atoms with Gasteiger partial charge in [-0.3, -0.25) is 4.89 Å². The fraction of sp³-hybridized carbons (Fsp3) is 0.273. The summed E-state index contributed by atoms with van der Waals surface area (Å²) in [6.07, 6.45) is 0.103. The topological polar surface area (TPSA) is 44.8 Å². The van der Waals surface area contributed by atoms with Crippen molar-refractivity contribution < 1.29 is 19.3 Å². The summed E-state index contributed by atoms with van der Waals surface area (Å²) in [6.45, 7) is 3.86. The molecule has 1 aromatic rings. The highest BCUT2D eigenvalue weighted by Gasteiger charge is 2.07. The molecule has 0 saturated heterocycles. The van der Waals surface area contributed by atoms with Gasteiger partial charge in [-0.1, -0.05) is 0 Å². The number of carbonyl (C=O) groups is 1. The van der Waals surface area contributed by atoms with Gasteiger partial charge in [0, 0.05) is 0 Å². The van der Waals surface area contributed by atoms with Crippen LogP contribution in [0.25, 0.3) is 0 Å². The Morgan fingerprint density at radius 1 is 1.27 bits per heavy atom. The van der Waals surface area contributed by atoms with Crippen LogP contribution in [0.4, 0.5) is 0 Å². The molecule has 4 heteroatoms. The lowest BCUT2D eigenvalue weighted by molar-refractivity contribution is -0.195. The predicted octanol–water partition coefficient (Wildman–Crippen LogP) is 2.35. The lowest BCUT2D eigenvalue weighted by Gasteiger charge is -2.09. The SMILES string of the molecule is [CH2]OOC(=O)c1ccc(OC(C)C)cc1. The summed E-state index contributed by atoms with van der Waals surface area (Å²) in [4.78, 5) is 19.4. The van der Waals surface area contributed by atoms with E-state index in [-0.39, 0.29) is 6.10 Å². The zero-order valence-corrected chi connectivity index (χ0v) is 8.73. The van der Waals surface area contributed by atoms with Crippen molar-refractivity contribution in [2.75, 3.05) is 0 Å². The Morgan fingerprint density at radius 3 is 2.33 bits per heavy atom. The van der Waals surface area contributed by atoms with Crippen molar-refractivity contribution in [3.8, 4) is 5.75 Å². The second-order valence-electron chi connectivity index (χ2n) is 3.18. The zero-order valence-electron chi connectivity index (χ0n) is 8.73. The van der Waals surface area contributed by atoms with E-state index < -0.39 is 5.97 Å². The normalized spacial score (nSPS) is 10.1. The highest BCUT2D eigenvalue weighted by Crippen LogP contribution is 2.14. The molecule has 1 radical (unpaired) electrons.